The zero-order valence-corrected chi connectivity index (χ0v) is 18.5. The van der Waals surface area contributed by atoms with Crippen LogP contribution in [-0.2, 0) is 14.3 Å². The number of carbonyl (C=O) groups is 1. The highest BCUT2D eigenvalue weighted by Gasteiger charge is 2.38. The SMILES string of the molecule is COCCOc1ccccc1C1=C(C(=O)OC)[C@@H](c2ccc3c(c2)OCO3)c2ccccc21. The molecule has 5 rings (SSSR count). The van der Waals surface area contributed by atoms with Gasteiger partial charge in [-0.1, -0.05) is 48.5 Å². The van der Waals surface area contributed by atoms with Gasteiger partial charge < -0.3 is 23.7 Å². The van der Waals surface area contributed by atoms with Crippen molar-refractivity contribution in [1.29, 1.82) is 0 Å². The van der Waals surface area contributed by atoms with Crippen LogP contribution in [0.3, 0.4) is 0 Å². The van der Waals surface area contributed by atoms with E-state index in [-0.39, 0.29) is 18.7 Å². The van der Waals surface area contributed by atoms with Crippen LogP contribution >= 0.6 is 0 Å². The minimum absolute atomic E-state index is 0.192. The number of carbonyl (C=O) groups excluding carboxylic acids is 1. The number of hydrogen-bond acceptors (Lipinski definition) is 6. The molecule has 0 amide bonds. The van der Waals surface area contributed by atoms with Gasteiger partial charge in [0.2, 0.25) is 6.79 Å². The summed E-state index contributed by atoms with van der Waals surface area (Å²) in [5.41, 5.74) is 5.15. The van der Waals surface area contributed by atoms with Gasteiger partial charge in [-0.3, -0.25) is 0 Å². The number of ether oxygens (including phenoxy) is 5. The van der Waals surface area contributed by atoms with E-state index in [9.17, 15) is 4.79 Å². The first-order chi connectivity index (χ1) is 16.2. The molecule has 0 N–H and O–H groups in total. The second kappa shape index (κ2) is 9.00. The van der Waals surface area contributed by atoms with Gasteiger partial charge in [0.1, 0.15) is 12.4 Å². The highest BCUT2D eigenvalue weighted by molar-refractivity contribution is 6.08. The lowest BCUT2D eigenvalue weighted by atomic mass is 9.88. The first kappa shape index (κ1) is 21.1. The fourth-order valence-corrected chi connectivity index (χ4v) is 4.51. The molecule has 6 heteroatoms. The lowest BCUT2D eigenvalue weighted by Crippen LogP contribution is -2.13. The van der Waals surface area contributed by atoms with Gasteiger partial charge in [0.25, 0.3) is 0 Å². The molecule has 1 aliphatic heterocycles. The van der Waals surface area contributed by atoms with Crippen molar-refractivity contribution in [2.24, 2.45) is 0 Å². The van der Waals surface area contributed by atoms with Gasteiger partial charge in [0.05, 0.1) is 19.3 Å². The largest absolute Gasteiger partial charge is 0.491 e. The first-order valence-electron chi connectivity index (χ1n) is 10.8. The number of rotatable bonds is 7. The maximum Gasteiger partial charge on any atom is 0.335 e. The number of methoxy groups -OCH3 is 2. The molecule has 33 heavy (non-hydrogen) atoms. The molecule has 0 bridgehead atoms. The van der Waals surface area contributed by atoms with Gasteiger partial charge in [-0.15, -0.1) is 0 Å². The standard InChI is InChI=1S/C27H24O6/c1-29-13-14-31-21-10-6-5-9-20(21)25-19-8-4-3-7-18(19)24(26(25)27(28)30-2)17-11-12-22-23(15-17)33-16-32-22/h3-12,15,24H,13-14,16H2,1-2H3/t24-/m0/s1. The first-order valence-corrected chi connectivity index (χ1v) is 10.8. The zero-order valence-electron chi connectivity index (χ0n) is 18.5. The third kappa shape index (κ3) is 3.72. The van der Waals surface area contributed by atoms with E-state index in [2.05, 4.69) is 6.07 Å². The minimum Gasteiger partial charge on any atom is -0.491 e. The van der Waals surface area contributed by atoms with Crippen LogP contribution in [0.15, 0.2) is 72.3 Å². The minimum atomic E-state index is -0.379. The summed E-state index contributed by atoms with van der Waals surface area (Å²) in [6.07, 6.45) is 0. The Kier molecular flexibility index (Phi) is 5.75. The van der Waals surface area contributed by atoms with Crippen molar-refractivity contribution >= 4 is 11.5 Å². The number of para-hydroxylation sites is 1. The summed E-state index contributed by atoms with van der Waals surface area (Å²) in [4.78, 5) is 13.3. The molecule has 168 valence electrons. The van der Waals surface area contributed by atoms with Gasteiger partial charge >= 0.3 is 5.97 Å². The van der Waals surface area contributed by atoms with Crippen LogP contribution in [0.2, 0.25) is 0 Å². The van der Waals surface area contributed by atoms with Gasteiger partial charge in [-0.2, -0.15) is 0 Å². The van der Waals surface area contributed by atoms with Gasteiger partial charge in [0, 0.05) is 24.2 Å². The second-order valence-electron chi connectivity index (χ2n) is 7.75. The van der Waals surface area contributed by atoms with Crippen LogP contribution < -0.4 is 14.2 Å². The smallest absolute Gasteiger partial charge is 0.335 e. The number of hydrogen-bond donors (Lipinski definition) is 0. The van der Waals surface area contributed by atoms with Crippen LogP contribution in [0.1, 0.15) is 28.2 Å². The van der Waals surface area contributed by atoms with E-state index < -0.39 is 0 Å². The van der Waals surface area contributed by atoms with Crippen molar-refractivity contribution in [3.63, 3.8) is 0 Å². The molecule has 0 unspecified atom stereocenters. The van der Waals surface area contributed by atoms with E-state index in [0.29, 0.717) is 36.0 Å². The fourth-order valence-electron chi connectivity index (χ4n) is 4.51. The van der Waals surface area contributed by atoms with Crippen LogP contribution in [0, 0.1) is 0 Å². The van der Waals surface area contributed by atoms with E-state index in [4.69, 9.17) is 23.7 Å². The molecule has 0 spiro atoms. The Morgan fingerprint density at radius 2 is 1.67 bits per heavy atom. The molecule has 3 aromatic carbocycles. The molecule has 1 aliphatic carbocycles. The third-order valence-electron chi connectivity index (χ3n) is 5.94. The van der Waals surface area contributed by atoms with Crippen LogP contribution in [-0.4, -0.2) is 40.2 Å². The predicted molar refractivity (Wildman–Crippen MR) is 123 cm³/mol. The summed E-state index contributed by atoms with van der Waals surface area (Å²) < 4.78 is 27.5. The Hall–Kier alpha value is -3.77. The van der Waals surface area contributed by atoms with Crippen molar-refractivity contribution in [1.82, 2.24) is 0 Å². The topological polar surface area (TPSA) is 63.2 Å². The lowest BCUT2D eigenvalue weighted by molar-refractivity contribution is -0.136. The lowest BCUT2D eigenvalue weighted by Gasteiger charge is -2.17. The Morgan fingerprint density at radius 1 is 0.909 bits per heavy atom. The molecule has 0 radical (unpaired) electrons. The summed E-state index contributed by atoms with van der Waals surface area (Å²) in [5, 5.41) is 0. The highest BCUT2D eigenvalue weighted by atomic mass is 16.7. The van der Waals surface area contributed by atoms with Crippen LogP contribution in [0.4, 0.5) is 0 Å². The highest BCUT2D eigenvalue weighted by Crippen LogP contribution is 2.51. The molecule has 0 saturated carbocycles. The number of fused-ring (bicyclic) bond motifs is 2. The van der Waals surface area contributed by atoms with Crippen molar-refractivity contribution in [3.05, 3.63) is 94.6 Å². The summed E-state index contributed by atoms with van der Waals surface area (Å²) in [5.74, 6) is 1.37. The molecular formula is C27H24O6. The Morgan fingerprint density at radius 3 is 2.48 bits per heavy atom. The van der Waals surface area contributed by atoms with E-state index in [1.54, 1.807) is 7.11 Å². The van der Waals surface area contributed by atoms with Crippen LogP contribution in [0.5, 0.6) is 17.2 Å². The van der Waals surface area contributed by atoms with Crippen molar-refractivity contribution < 1.29 is 28.5 Å². The van der Waals surface area contributed by atoms with Crippen LogP contribution in [0.25, 0.3) is 5.57 Å². The van der Waals surface area contributed by atoms with Gasteiger partial charge in [0.15, 0.2) is 11.5 Å². The normalized spacial score (nSPS) is 16.0. The Labute approximate surface area is 192 Å². The average Bonchev–Trinajstić information content (AvgIpc) is 3.46. The van der Waals surface area contributed by atoms with Gasteiger partial charge in [-0.05, 0) is 34.9 Å². The molecule has 3 aromatic rings. The zero-order chi connectivity index (χ0) is 22.8. The fraction of sp³-hybridized carbons (Fsp3) is 0.222. The molecule has 0 saturated heterocycles. The Balaban J connectivity index is 1.71. The maximum absolute atomic E-state index is 13.3. The van der Waals surface area contributed by atoms with Crippen molar-refractivity contribution in [3.8, 4) is 17.2 Å². The molecule has 2 aliphatic rings. The quantitative estimate of drug-likeness (QED) is 0.393. The van der Waals surface area contributed by atoms with Gasteiger partial charge in [-0.25, -0.2) is 4.79 Å². The Bertz CT molecular complexity index is 1230. The number of esters is 1. The number of benzene rings is 3. The van der Waals surface area contributed by atoms with E-state index in [1.165, 1.54) is 7.11 Å². The monoisotopic (exact) mass is 444 g/mol. The van der Waals surface area contributed by atoms with E-state index in [1.807, 2.05) is 60.7 Å². The summed E-state index contributed by atoms with van der Waals surface area (Å²) in [6, 6.07) is 21.6. The molecule has 6 nitrogen and oxygen atoms in total. The second-order valence-corrected chi connectivity index (χ2v) is 7.75. The van der Waals surface area contributed by atoms with E-state index in [0.717, 1.165) is 27.8 Å². The summed E-state index contributed by atoms with van der Waals surface area (Å²) in [6.45, 7) is 1.06. The van der Waals surface area contributed by atoms with Crippen molar-refractivity contribution in [2.45, 2.75) is 5.92 Å². The summed E-state index contributed by atoms with van der Waals surface area (Å²) in [7, 11) is 3.05. The van der Waals surface area contributed by atoms with E-state index >= 15 is 0 Å². The molecular weight excluding hydrogens is 420 g/mol. The summed E-state index contributed by atoms with van der Waals surface area (Å²) >= 11 is 0. The molecule has 1 heterocycles. The third-order valence-corrected chi connectivity index (χ3v) is 5.94. The predicted octanol–water partition coefficient (Wildman–Crippen LogP) is 4.56. The molecule has 0 fully saturated rings. The maximum atomic E-state index is 13.3. The molecule has 0 aromatic heterocycles. The molecule has 1 atom stereocenters. The average molecular weight is 444 g/mol. The van der Waals surface area contributed by atoms with Crippen molar-refractivity contribution in [2.75, 3.05) is 34.2 Å².